The summed E-state index contributed by atoms with van der Waals surface area (Å²) in [4.78, 5) is 43.3. The second-order valence-corrected chi connectivity index (χ2v) is 15.4. The molecule has 6 fully saturated rings. The molecule has 0 bridgehead atoms. The molecule has 1 spiro atoms. The summed E-state index contributed by atoms with van der Waals surface area (Å²) >= 11 is 0. The number of nitrogens with zero attached hydrogens (tertiary/aromatic N) is 1. The van der Waals surface area contributed by atoms with Crippen LogP contribution >= 0.6 is 0 Å². The largest absolute Gasteiger partial charge is 0.481 e. The molecule has 2 saturated heterocycles. The normalized spacial score (nSPS) is 39.7. The van der Waals surface area contributed by atoms with Crippen LogP contribution in [0, 0.1) is 35.0 Å². The molecular formula is C33H46BN3O6. The first-order valence-corrected chi connectivity index (χ1v) is 16.3. The Bertz CT molecular complexity index is 1330. The van der Waals surface area contributed by atoms with Gasteiger partial charge in [-0.25, -0.2) is 4.79 Å². The van der Waals surface area contributed by atoms with Crippen molar-refractivity contribution in [2.45, 2.75) is 109 Å². The molecule has 10 heteroatoms. The summed E-state index contributed by atoms with van der Waals surface area (Å²) in [5.74, 6) is 1.83. The summed E-state index contributed by atoms with van der Waals surface area (Å²) in [5, 5.41) is 6.18. The maximum absolute atomic E-state index is 14.4. The van der Waals surface area contributed by atoms with Crippen molar-refractivity contribution in [1.82, 2.24) is 15.5 Å². The summed E-state index contributed by atoms with van der Waals surface area (Å²) in [6.45, 7) is 13.9. The summed E-state index contributed by atoms with van der Waals surface area (Å²) in [6.07, 6.45) is 2.46. The van der Waals surface area contributed by atoms with E-state index in [1.165, 1.54) is 6.42 Å². The van der Waals surface area contributed by atoms with Gasteiger partial charge in [-0.3, -0.25) is 9.59 Å². The summed E-state index contributed by atoms with van der Waals surface area (Å²) in [7, 11) is -0.516. The van der Waals surface area contributed by atoms with Crippen LogP contribution in [0.1, 0.15) is 85.8 Å². The van der Waals surface area contributed by atoms with Gasteiger partial charge in [0, 0.05) is 6.54 Å². The first kappa shape index (κ1) is 29.1. The van der Waals surface area contributed by atoms with Crippen LogP contribution in [0.5, 0.6) is 0 Å². The van der Waals surface area contributed by atoms with E-state index in [0.29, 0.717) is 43.1 Å². The molecule has 43 heavy (non-hydrogen) atoms. The number of hydrogen-bond donors (Lipinski definition) is 2. The van der Waals surface area contributed by atoms with E-state index in [0.717, 1.165) is 17.4 Å². The molecule has 10 atom stereocenters. The van der Waals surface area contributed by atoms with Gasteiger partial charge in [0.2, 0.25) is 11.8 Å². The van der Waals surface area contributed by atoms with E-state index in [-0.39, 0.29) is 35.4 Å². The van der Waals surface area contributed by atoms with Crippen molar-refractivity contribution in [3.63, 3.8) is 0 Å². The van der Waals surface area contributed by atoms with Crippen molar-refractivity contribution in [1.29, 1.82) is 0 Å². The summed E-state index contributed by atoms with van der Waals surface area (Å²) < 4.78 is 18.9. The number of piperidine rings is 1. The van der Waals surface area contributed by atoms with Crippen LogP contribution in [0.15, 0.2) is 30.3 Å². The van der Waals surface area contributed by atoms with Gasteiger partial charge < -0.3 is 29.6 Å². The zero-order valence-corrected chi connectivity index (χ0v) is 26.5. The quantitative estimate of drug-likeness (QED) is 0.438. The number of alkyl carbamates (subject to hydrolysis) is 1. The molecule has 2 heterocycles. The summed E-state index contributed by atoms with van der Waals surface area (Å²) in [5.41, 5.74) is -0.918. The Kier molecular flexibility index (Phi) is 6.41. The van der Waals surface area contributed by atoms with Crippen molar-refractivity contribution >= 4 is 25.0 Å². The number of fused-ring (bicyclic) bond motifs is 5. The number of carbonyl (C=O) groups is 3. The fraction of sp³-hybridized carbons (Fsp3) is 0.727. The lowest BCUT2D eigenvalue weighted by Crippen LogP contribution is -2.67. The Balaban J connectivity index is 1.12. The molecule has 6 aliphatic rings. The highest BCUT2D eigenvalue weighted by molar-refractivity contribution is 6.48. The molecular weight excluding hydrogens is 545 g/mol. The van der Waals surface area contributed by atoms with Crippen molar-refractivity contribution in [3.8, 4) is 0 Å². The Labute approximate surface area is 255 Å². The van der Waals surface area contributed by atoms with Crippen LogP contribution in [-0.2, 0) is 23.6 Å². The molecule has 4 aliphatic carbocycles. The average molecular weight is 592 g/mol. The molecule has 0 radical (unpaired) electrons. The zero-order chi connectivity index (χ0) is 30.7. The number of likely N-dealkylation sites (tertiary alicyclic amines) is 1. The minimum absolute atomic E-state index is 0.0997. The Morgan fingerprint density at radius 2 is 1.91 bits per heavy atom. The van der Waals surface area contributed by atoms with Crippen molar-refractivity contribution in [3.05, 3.63) is 35.9 Å². The number of benzene rings is 1. The van der Waals surface area contributed by atoms with Crippen LogP contribution in [-0.4, -0.2) is 65.3 Å². The molecule has 232 valence electrons. The highest BCUT2D eigenvalue weighted by atomic mass is 16.7. The fourth-order valence-corrected chi connectivity index (χ4v) is 9.79. The number of carbonyl (C=O) groups excluding carboxylic acids is 3. The van der Waals surface area contributed by atoms with E-state index in [2.05, 4.69) is 17.6 Å². The third-order valence-electron chi connectivity index (χ3n) is 11.8. The topological polar surface area (TPSA) is 106 Å². The van der Waals surface area contributed by atoms with E-state index in [4.69, 9.17) is 14.0 Å². The van der Waals surface area contributed by atoms with Gasteiger partial charge in [0.25, 0.3) is 0 Å². The molecule has 1 aromatic carbocycles. The monoisotopic (exact) mass is 591 g/mol. The number of nitrogens with one attached hydrogen (secondary N) is 2. The third kappa shape index (κ3) is 4.00. The number of amides is 3. The molecule has 0 aromatic heterocycles. The van der Waals surface area contributed by atoms with Gasteiger partial charge >= 0.3 is 13.2 Å². The van der Waals surface area contributed by atoms with E-state index in [1.54, 1.807) is 25.7 Å². The number of hydrogen-bond acceptors (Lipinski definition) is 6. The lowest BCUT2D eigenvalue weighted by molar-refractivity contribution is -0.151. The van der Waals surface area contributed by atoms with Crippen LogP contribution in [0.25, 0.3) is 0 Å². The smallest absolute Gasteiger partial charge is 0.444 e. The maximum Gasteiger partial charge on any atom is 0.481 e. The van der Waals surface area contributed by atoms with Crippen LogP contribution in [0.2, 0.25) is 0 Å². The van der Waals surface area contributed by atoms with Gasteiger partial charge in [-0.2, -0.15) is 0 Å². The molecule has 7 rings (SSSR count). The molecule has 1 aromatic rings. The fourth-order valence-electron chi connectivity index (χ4n) is 9.79. The lowest BCUT2D eigenvalue weighted by Gasteiger charge is -2.47. The molecule has 4 saturated carbocycles. The molecule has 2 aliphatic heterocycles. The Hall–Kier alpha value is -2.59. The van der Waals surface area contributed by atoms with E-state index in [1.807, 2.05) is 51.1 Å². The summed E-state index contributed by atoms with van der Waals surface area (Å²) in [6, 6.07) is 8.54. The number of ether oxygens (including phenoxy) is 1. The second kappa shape index (κ2) is 9.46. The molecule has 2 N–H and O–H groups in total. The van der Waals surface area contributed by atoms with Crippen molar-refractivity contribution in [2.75, 3.05) is 6.54 Å². The SMILES string of the molecule is CC[C@H](NC(=O)[C@H](c1ccccc1)N1CCCC(NC(=O)OC(C)(C)C)(C(C)C)C1=O)B1OC2C3C[C@@H]4C5[C@@H](C354)[C@]2(C)O1. The van der Waals surface area contributed by atoms with Crippen LogP contribution in [0.4, 0.5) is 4.79 Å². The average Bonchev–Trinajstić information content (AvgIpc) is 3.72. The van der Waals surface area contributed by atoms with E-state index in [9.17, 15) is 14.4 Å². The van der Waals surface area contributed by atoms with Gasteiger partial charge in [0.15, 0.2) is 0 Å². The van der Waals surface area contributed by atoms with Gasteiger partial charge in [-0.05, 0) is 93.9 Å². The van der Waals surface area contributed by atoms with Gasteiger partial charge in [0.1, 0.15) is 17.2 Å². The van der Waals surface area contributed by atoms with E-state index < -0.39 is 30.4 Å². The minimum Gasteiger partial charge on any atom is -0.444 e. The predicted octanol–water partition coefficient (Wildman–Crippen LogP) is 4.26. The highest BCUT2D eigenvalue weighted by Gasteiger charge is 3.03. The third-order valence-corrected chi connectivity index (χ3v) is 11.8. The van der Waals surface area contributed by atoms with E-state index >= 15 is 0 Å². The highest BCUT2D eigenvalue weighted by Crippen LogP contribution is 3.02. The second-order valence-electron chi connectivity index (χ2n) is 15.4. The first-order chi connectivity index (χ1) is 20.3. The molecule has 3 amide bonds. The minimum atomic E-state index is -1.19. The first-order valence-electron chi connectivity index (χ1n) is 16.3. The molecule has 9 nitrogen and oxygen atoms in total. The van der Waals surface area contributed by atoms with Crippen molar-refractivity contribution < 1.29 is 28.4 Å². The molecule has 5 unspecified atom stereocenters. The maximum atomic E-state index is 14.4. The van der Waals surface area contributed by atoms with Gasteiger partial charge in [-0.1, -0.05) is 51.1 Å². The van der Waals surface area contributed by atoms with Gasteiger partial charge in [0.05, 0.1) is 17.6 Å². The number of rotatable bonds is 8. The Morgan fingerprint density at radius 3 is 2.53 bits per heavy atom. The van der Waals surface area contributed by atoms with Crippen LogP contribution in [0.3, 0.4) is 0 Å². The predicted molar refractivity (Wildman–Crippen MR) is 160 cm³/mol. The van der Waals surface area contributed by atoms with Crippen LogP contribution < -0.4 is 10.6 Å². The van der Waals surface area contributed by atoms with Gasteiger partial charge in [-0.15, -0.1) is 0 Å². The standard InChI is InChI=1S/C33H46BN3O6/c1-8-22(34-42-26-21-17-20-23-25(33(20,21)23)31(26,7)43-34)35-27(38)24(19-13-10-9-11-14-19)37-16-12-15-32(18(2)3,28(37)39)36-29(40)41-30(4,5)6/h9-11,13-14,18,20-26H,8,12,15-17H2,1-7H3,(H,35,38)(H,36,40)/t20-,21?,22+,23?,24+,25-,26?,31+,32?,33?/m1/s1. The van der Waals surface area contributed by atoms with Crippen molar-refractivity contribution in [2.24, 2.45) is 35.0 Å². The lowest BCUT2D eigenvalue weighted by atomic mass is 9.72. The Morgan fingerprint density at radius 1 is 1.19 bits per heavy atom. The zero-order valence-electron chi connectivity index (χ0n) is 26.5.